The fraction of sp³-hybridized carbons (Fsp3) is 0.200. The topological polar surface area (TPSA) is 73.6 Å². The number of esters is 1. The number of rotatable bonds is 4. The van der Waals surface area contributed by atoms with Gasteiger partial charge in [0.2, 0.25) is 0 Å². The standard InChI is InChI=1S/C20H17N3O3S2/c1-12-7-8-14-16(11-12)28-20(23(14)10-9-17(24)26-2)22-18(25)19-21-13-5-3-4-6-15(13)27-19/h3-8,11H,9-10H2,1-2H3. The van der Waals surface area contributed by atoms with Crippen LogP contribution in [-0.2, 0) is 16.1 Å². The molecule has 142 valence electrons. The van der Waals surface area contributed by atoms with Gasteiger partial charge >= 0.3 is 11.9 Å². The lowest BCUT2D eigenvalue weighted by molar-refractivity contribution is -0.140. The molecule has 2 aromatic heterocycles. The number of methoxy groups -OCH3 is 1. The lowest BCUT2D eigenvalue weighted by Gasteiger charge is -2.04. The Morgan fingerprint density at radius 3 is 2.75 bits per heavy atom. The molecule has 2 heterocycles. The maximum absolute atomic E-state index is 12.8. The van der Waals surface area contributed by atoms with Gasteiger partial charge in [0, 0.05) is 6.54 Å². The molecule has 0 saturated heterocycles. The number of aryl methyl sites for hydroxylation is 2. The molecule has 0 atom stereocenters. The lowest BCUT2D eigenvalue weighted by atomic mass is 10.2. The van der Waals surface area contributed by atoms with Gasteiger partial charge in [-0.15, -0.1) is 11.3 Å². The number of amides is 1. The number of ether oxygens (including phenoxy) is 1. The van der Waals surface area contributed by atoms with Gasteiger partial charge in [0.15, 0.2) is 9.81 Å². The van der Waals surface area contributed by atoms with Crippen LogP contribution in [0.1, 0.15) is 21.8 Å². The second-order valence-electron chi connectivity index (χ2n) is 6.24. The van der Waals surface area contributed by atoms with Crippen LogP contribution in [0.15, 0.2) is 47.5 Å². The predicted octanol–water partition coefficient (Wildman–Crippen LogP) is 3.93. The van der Waals surface area contributed by atoms with Crippen LogP contribution >= 0.6 is 22.7 Å². The molecule has 0 aliphatic rings. The fourth-order valence-electron chi connectivity index (χ4n) is 2.89. The van der Waals surface area contributed by atoms with Crippen molar-refractivity contribution in [3.63, 3.8) is 0 Å². The Labute approximate surface area is 168 Å². The van der Waals surface area contributed by atoms with Crippen molar-refractivity contribution in [2.45, 2.75) is 19.9 Å². The van der Waals surface area contributed by atoms with Gasteiger partial charge in [-0.3, -0.25) is 9.59 Å². The molecule has 0 fully saturated rings. The number of para-hydroxylation sites is 1. The number of carbonyl (C=O) groups excluding carboxylic acids is 2. The van der Waals surface area contributed by atoms with E-state index in [9.17, 15) is 9.59 Å². The van der Waals surface area contributed by atoms with Crippen molar-refractivity contribution in [3.8, 4) is 0 Å². The van der Waals surface area contributed by atoms with Crippen LogP contribution in [0.3, 0.4) is 0 Å². The number of hydrogen-bond donors (Lipinski definition) is 0. The first-order chi connectivity index (χ1) is 13.5. The minimum atomic E-state index is -0.378. The third-order valence-corrected chi connectivity index (χ3v) is 6.35. The molecule has 2 aromatic carbocycles. The van der Waals surface area contributed by atoms with Gasteiger partial charge in [-0.05, 0) is 36.8 Å². The zero-order chi connectivity index (χ0) is 19.7. The largest absolute Gasteiger partial charge is 0.469 e. The van der Waals surface area contributed by atoms with Crippen LogP contribution in [0.25, 0.3) is 20.4 Å². The summed E-state index contributed by atoms with van der Waals surface area (Å²) in [6.07, 6.45) is 0.207. The quantitative estimate of drug-likeness (QED) is 0.477. The molecule has 0 spiro atoms. The van der Waals surface area contributed by atoms with Crippen LogP contribution in [0.4, 0.5) is 0 Å². The molecule has 8 heteroatoms. The Bertz CT molecular complexity index is 1230. The van der Waals surface area contributed by atoms with E-state index in [1.165, 1.54) is 29.8 Å². The second kappa shape index (κ2) is 7.65. The number of hydrogen-bond acceptors (Lipinski definition) is 6. The van der Waals surface area contributed by atoms with Gasteiger partial charge < -0.3 is 9.30 Å². The molecule has 28 heavy (non-hydrogen) atoms. The van der Waals surface area contributed by atoms with E-state index in [-0.39, 0.29) is 18.3 Å². The molecule has 0 radical (unpaired) electrons. The molecule has 0 bridgehead atoms. The molecule has 0 aliphatic heterocycles. The van der Waals surface area contributed by atoms with Gasteiger partial charge in [0.05, 0.1) is 34.0 Å². The molecule has 0 unspecified atom stereocenters. The molecule has 0 saturated carbocycles. The number of carbonyl (C=O) groups is 2. The summed E-state index contributed by atoms with van der Waals surface area (Å²) in [5.41, 5.74) is 2.85. The van der Waals surface area contributed by atoms with Crippen LogP contribution in [0, 0.1) is 6.92 Å². The maximum Gasteiger partial charge on any atom is 0.308 e. The Morgan fingerprint density at radius 1 is 1.14 bits per heavy atom. The SMILES string of the molecule is COC(=O)CCn1c(=NC(=O)c2nc3ccccc3s2)sc2cc(C)ccc21. The second-order valence-corrected chi connectivity index (χ2v) is 8.28. The highest BCUT2D eigenvalue weighted by molar-refractivity contribution is 7.20. The van der Waals surface area contributed by atoms with Crippen LogP contribution in [0.2, 0.25) is 0 Å². The first kappa shape index (κ1) is 18.5. The molecule has 0 aliphatic carbocycles. The third kappa shape index (κ3) is 3.61. The summed E-state index contributed by atoms with van der Waals surface area (Å²) in [6, 6.07) is 13.7. The summed E-state index contributed by atoms with van der Waals surface area (Å²) in [5, 5.41) is 0.356. The minimum Gasteiger partial charge on any atom is -0.469 e. The zero-order valence-electron chi connectivity index (χ0n) is 15.3. The monoisotopic (exact) mass is 411 g/mol. The van der Waals surface area contributed by atoms with E-state index in [1.54, 1.807) is 0 Å². The van der Waals surface area contributed by atoms with E-state index in [0.717, 1.165) is 26.0 Å². The van der Waals surface area contributed by atoms with Crippen LogP contribution in [-0.4, -0.2) is 28.5 Å². The molecule has 0 N–H and O–H groups in total. The van der Waals surface area contributed by atoms with Gasteiger partial charge in [-0.2, -0.15) is 4.99 Å². The van der Waals surface area contributed by atoms with E-state index in [2.05, 4.69) is 16.0 Å². The Balaban J connectivity index is 1.79. The van der Waals surface area contributed by atoms with Gasteiger partial charge in [0.25, 0.3) is 0 Å². The van der Waals surface area contributed by atoms with Crippen molar-refractivity contribution in [2.24, 2.45) is 4.99 Å². The molecule has 4 rings (SSSR count). The highest BCUT2D eigenvalue weighted by atomic mass is 32.1. The predicted molar refractivity (Wildman–Crippen MR) is 111 cm³/mol. The molecule has 4 aromatic rings. The van der Waals surface area contributed by atoms with Crippen molar-refractivity contribution in [1.29, 1.82) is 0 Å². The first-order valence-corrected chi connectivity index (χ1v) is 10.3. The van der Waals surface area contributed by atoms with E-state index in [0.29, 0.717) is 16.4 Å². The number of fused-ring (bicyclic) bond motifs is 2. The summed E-state index contributed by atoms with van der Waals surface area (Å²) in [7, 11) is 1.37. The van der Waals surface area contributed by atoms with E-state index >= 15 is 0 Å². The van der Waals surface area contributed by atoms with Crippen LogP contribution < -0.4 is 4.80 Å². The van der Waals surface area contributed by atoms with Crippen molar-refractivity contribution < 1.29 is 14.3 Å². The average Bonchev–Trinajstić information content (AvgIpc) is 3.26. The summed E-state index contributed by atoms with van der Waals surface area (Å²) in [4.78, 5) is 33.6. The van der Waals surface area contributed by atoms with E-state index in [1.807, 2.05) is 47.9 Å². The minimum absolute atomic E-state index is 0.207. The van der Waals surface area contributed by atoms with Gasteiger partial charge in [-0.1, -0.05) is 29.5 Å². The number of benzene rings is 2. The van der Waals surface area contributed by atoms with Crippen molar-refractivity contribution in [2.75, 3.05) is 7.11 Å². The summed E-state index contributed by atoms with van der Waals surface area (Å²) >= 11 is 2.76. The molecular formula is C20H17N3O3S2. The average molecular weight is 412 g/mol. The number of thiazole rings is 2. The van der Waals surface area contributed by atoms with Crippen molar-refractivity contribution in [1.82, 2.24) is 9.55 Å². The summed E-state index contributed by atoms with van der Waals surface area (Å²) in [5.74, 6) is -0.682. The number of aromatic nitrogens is 2. The highest BCUT2D eigenvalue weighted by Crippen LogP contribution is 2.23. The lowest BCUT2D eigenvalue weighted by Crippen LogP contribution is -2.19. The third-order valence-electron chi connectivity index (χ3n) is 4.28. The van der Waals surface area contributed by atoms with Gasteiger partial charge in [-0.25, -0.2) is 4.98 Å². The summed E-state index contributed by atoms with van der Waals surface area (Å²) < 4.78 is 8.60. The van der Waals surface area contributed by atoms with Crippen molar-refractivity contribution in [3.05, 3.63) is 57.8 Å². The molecule has 6 nitrogen and oxygen atoms in total. The highest BCUT2D eigenvalue weighted by Gasteiger charge is 2.14. The summed E-state index contributed by atoms with van der Waals surface area (Å²) in [6.45, 7) is 2.41. The molecular weight excluding hydrogens is 394 g/mol. The van der Waals surface area contributed by atoms with Gasteiger partial charge in [0.1, 0.15) is 0 Å². The Hall–Kier alpha value is -2.84. The zero-order valence-corrected chi connectivity index (χ0v) is 17.0. The Morgan fingerprint density at radius 2 is 1.96 bits per heavy atom. The Kier molecular flexibility index (Phi) is 5.06. The fourth-order valence-corrected chi connectivity index (χ4v) is 4.89. The van der Waals surface area contributed by atoms with Crippen LogP contribution in [0.5, 0.6) is 0 Å². The van der Waals surface area contributed by atoms with E-state index < -0.39 is 0 Å². The smallest absolute Gasteiger partial charge is 0.308 e. The first-order valence-electron chi connectivity index (χ1n) is 8.66. The maximum atomic E-state index is 12.8. The number of nitrogens with zero attached hydrogens (tertiary/aromatic N) is 3. The molecule has 1 amide bonds. The van der Waals surface area contributed by atoms with Crippen molar-refractivity contribution >= 4 is 55.0 Å². The normalized spacial score (nSPS) is 12.0. The van der Waals surface area contributed by atoms with E-state index in [4.69, 9.17) is 4.74 Å².